The number of hydrogen-bond acceptors (Lipinski definition) is 3. The number of amides is 1. The first-order valence-corrected chi connectivity index (χ1v) is 12.1. The Bertz CT molecular complexity index is 1180. The SMILES string of the molecule is C[C@]12CC[C@@H]3c4ccc(C(=O)NCC(O)C(F)(F)F)cc4CC[C@H]3[C@@H]1CC=C2c1cncc(F)c1. The summed E-state index contributed by atoms with van der Waals surface area (Å²) in [7, 11) is 0. The van der Waals surface area contributed by atoms with Crippen LogP contribution in [0, 0.1) is 23.1 Å². The molecule has 0 radical (unpaired) electrons. The van der Waals surface area contributed by atoms with Crippen LogP contribution in [0.1, 0.15) is 65.6 Å². The van der Waals surface area contributed by atoms with Gasteiger partial charge < -0.3 is 10.4 Å². The molecule has 5 atom stereocenters. The predicted octanol–water partition coefficient (Wildman–Crippen LogP) is 5.42. The maximum absolute atomic E-state index is 13.9. The molecule has 186 valence electrons. The Morgan fingerprint density at radius 2 is 2.06 bits per heavy atom. The molecule has 35 heavy (non-hydrogen) atoms. The molecule has 0 saturated heterocycles. The molecule has 1 heterocycles. The Morgan fingerprint density at radius 3 is 2.80 bits per heavy atom. The van der Waals surface area contributed by atoms with E-state index in [1.807, 2.05) is 6.07 Å². The van der Waals surface area contributed by atoms with Crippen molar-refractivity contribution < 1.29 is 27.5 Å². The topological polar surface area (TPSA) is 62.2 Å². The van der Waals surface area contributed by atoms with Crippen LogP contribution in [0.5, 0.6) is 0 Å². The van der Waals surface area contributed by atoms with Gasteiger partial charge in [-0.2, -0.15) is 13.2 Å². The number of rotatable bonds is 4. The molecule has 1 amide bonds. The number of aliphatic hydroxyl groups excluding tert-OH is 1. The Kier molecular flexibility index (Phi) is 5.98. The lowest BCUT2D eigenvalue weighted by Crippen LogP contribution is -2.41. The van der Waals surface area contributed by atoms with Crippen LogP contribution < -0.4 is 5.32 Å². The van der Waals surface area contributed by atoms with Crippen molar-refractivity contribution in [2.45, 2.75) is 57.2 Å². The first kappa shape index (κ1) is 24.0. The van der Waals surface area contributed by atoms with Crippen molar-refractivity contribution in [3.05, 3.63) is 70.8 Å². The number of halogens is 4. The van der Waals surface area contributed by atoms with Gasteiger partial charge in [0, 0.05) is 11.8 Å². The third-order valence-corrected chi connectivity index (χ3v) is 8.42. The van der Waals surface area contributed by atoms with E-state index >= 15 is 0 Å². The molecule has 2 aromatic rings. The smallest absolute Gasteiger partial charge is 0.382 e. The van der Waals surface area contributed by atoms with Gasteiger partial charge in [0.25, 0.3) is 5.91 Å². The van der Waals surface area contributed by atoms with Crippen LogP contribution in [0.2, 0.25) is 0 Å². The Labute approximate surface area is 201 Å². The number of nitrogens with one attached hydrogen (secondary N) is 1. The third-order valence-electron chi connectivity index (χ3n) is 8.42. The molecule has 1 unspecified atom stereocenters. The van der Waals surface area contributed by atoms with E-state index in [9.17, 15) is 22.4 Å². The van der Waals surface area contributed by atoms with Gasteiger partial charge in [-0.3, -0.25) is 9.78 Å². The lowest BCUT2D eigenvalue weighted by Gasteiger charge is -2.50. The van der Waals surface area contributed by atoms with E-state index in [1.165, 1.54) is 17.3 Å². The average molecular weight is 489 g/mol. The summed E-state index contributed by atoms with van der Waals surface area (Å²) in [5.41, 5.74) is 4.60. The second-order valence-electron chi connectivity index (χ2n) is 10.3. The van der Waals surface area contributed by atoms with Crippen LogP contribution in [0.4, 0.5) is 17.6 Å². The zero-order chi connectivity index (χ0) is 25.0. The van der Waals surface area contributed by atoms with E-state index in [2.05, 4.69) is 23.3 Å². The molecular weight excluding hydrogens is 460 g/mol. The zero-order valence-corrected chi connectivity index (χ0v) is 19.4. The van der Waals surface area contributed by atoms with E-state index in [1.54, 1.807) is 24.4 Å². The molecule has 2 N–H and O–H groups in total. The standard InChI is InChI=1S/C27H28F4N2O2/c1-26-9-8-20-19-4-3-16(25(35)33-14-24(34)27(29,30)31)10-15(19)2-5-21(20)23(26)7-6-22(26)17-11-18(28)13-32-12-17/h3-4,6,10-13,20-21,23-24,34H,2,5,7-9,14H2,1H3,(H,33,35)/t20-,21-,23+,24?,26-/m1/s1. The monoisotopic (exact) mass is 488 g/mol. The van der Waals surface area contributed by atoms with Crippen molar-refractivity contribution in [3.8, 4) is 0 Å². The maximum Gasteiger partial charge on any atom is 0.416 e. The molecule has 0 aliphatic heterocycles. The van der Waals surface area contributed by atoms with Gasteiger partial charge in [0.05, 0.1) is 12.7 Å². The molecule has 5 rings (SSSR count). The van der Waals surface area contributed by atoms with Gasteiger partial charge in [-0.1, -0.05) is 19.1 Å². The normalized spacial score (nSPS) is 28.4. The number of fused-ring (bicyclic) bond motifs is 5. The quantitative estimate of drug-likeness (QED) is 0.565. The molecule has 8 heteroatoms. The maximum atomic E-state index is 13.9. The van der Waals surface area contributed by atoms with Gasteiger partial charge in [0.2, 0.25) is 0 Å². The molecule has 3 aliphatic rings. The molecular formula is C27H28F4N2O2. The second-order valence-corrected chi connectivity index (χ2v) is 10.3. The van der Waals surface area contributed by atoms with Gasteiger partial charge in [0.15, 0.2) is 6.10 Å². The molecule has 0 bridgehead atoms. The van der Waals surface area contributed by atoms with Crippen LogP contribution in [-0.4, -0.2) is 34.8 Å². The van der Waals surface area contributed by atoms with Crippen molar-refractivity contribution in [2.75, 3.05) is 6.54 Å². The highest BCUT2D eigenvalue weighted by Gasteiger charge is 2.52. The lowest BCUT2D eigenvalue weighted by atomic mass is 9.54. The number of nitrogens with zero attached hydrogens (tertiary/aromatic N) is 1. The molecule has 1 fully saturated rings. The summed E-state index contributed by atoms with van der Waals surface area (Å²) in [5.74, 6) is 0.322. The number of alkyl halides is 3. The molecule has 3 aliphatic carbocycles. The van der Waals surface area contributed by atoms with Crippen molar-refractivity contribution in [1.29, 1.82) is 0 Å². The van der Waals surface area contributed by atoms with Crippen molar-refractivity contribution in [3.63, 3.8) is 0 Å². The minimum absolute atomic E-state index is 0.0344. The van der Waals surface area contributed by atoms with Gasteiger partial charge >= 0.3 is 6.18 Å². The minimum atomic E-state index is -4.77. The first-order valence-electron chi connectivity index (χ1n) is 12.1. The van der Waals surface area contributed by atoms with Gasteiger partial charge in [-0.25, -0.2) is 4.39 Å². The summed E-state index contributed by atoms with van der Waals surface area (Å²) >= 11 is 0. The predicted molar refractivity (Wildman–Crippen MR) is 123 cm³/mol. The highest BCUT2D eigenvalue weighted by atomic mass is 19.4. The average Bonchev–Trinajstić information content (AvgIpc) is 3.18. The van der Waals surface area contributed by atoms with E-state index in [-0.39, 0.29) is 11.2 Å². The fourth-order valence-corrected chi connectivity index (χ4v) is 6.70. The van der Waals surface area contributed by atoms with Crippen LogP contribution in [0.3, 0.4) is 0 Å². The summed E-state index contributed by atoms with van der Waals surface area (Å²) in [6.07, 6.45) is 2.52. The molecule has 1 aromatic heterocycles. The highest BCUT2D eigenvalue weighted by Crippen LogP contribution is 2.63. The van der Waals surface area contributed by atoms with E-state index < -0.39 is 24.7 Å². The fourth-order valence-electron chi connectivity index (χ4n) is 6.70. The summed E-state index contributed by atoms with van der Waals surface area (Å²) in [5, 5.41) is 11.3. The van der Waals surface area contributed by atoms with Gasteiger partial charge in [-0.15, -0.1) is 0 Å². The number of aromatic nitrogens is 1. The number of carbonyl (C=O) groups excluding carboxylic acids is 1. The van der Waals surface area contributed by atoms with E-state index in [0.29, 0.717) is 23.3 Å². The summed E-state index contributed by atoms with van der Waals surface area (Å²) in [4.78, 5) is 16.5. The van der Waals surface area contributed by atoms with Crippen molar-refractivity contribution in [2.24, 2.45) is 17.3 Å². The number of benzene rings is 1. The van der Waals surface area contributed by atoms with E-state index in [4.69, 9.17) is 5.11 Å². The van der Waals surface area contributed by atoms with Crippen molar-refractivity contribution >= 4 is 11.5 Å². The number of aliphatic hydroxyl groups is 1. The third kappa shape index (κ3) is 4.26. The largest absolute Gasteiger partial charge is 0.416 e. The summed E-state index contributed by atoms with van der Waals surface area (Å²) in [6, 6.07) is 6.96. The zero-order valence-electron chi connectivity index (χ0n) is 19.4. The highest BCUT2D eigenvalue weighted by molar-refractivity contribution is 5.94. The molecule has 4 nitrogen and oxygen atoms in total. The number of aryl methyl sites for hydroxylation is 1. The molecule has 0 spiro atoms. The van der Waals surface area contributed by atoms with E-state index in [0.717, 1.165) is 43.2 Å². The number of pyridine rings is 1. The van der Waals surface area contributed by atoms with Gasteiger partial charge in [0.1, 0.15) is 5.82 Å². The molecule has 1 aromatic carbocycles. The van der Waals surface area contributed by atoms with Crippen LogP contribution in [-0.2, 0) is 6.42 Å². The minimum Gasteiger partial charge on any atom is -0.382 e. The number of carbonyl (C=O) groups is 1. The Balaban J connectivity index is 1.32. The second kappa shape index (κ2) is 8.73. The number of hydrogen-bond donors (Lipinski definition) is 2. The summed E-state index contributed by atoms with van der Waals surface area (Å²) in [6.45, 7) is 1.41. The summed E-state index contributed by atoms with van der Waals surface area (Å²) < 4.78 is 51.4. The molecule has 1 saturated carbocycles. The van der Waals surface area contributed by atoms with Gasteiger partial charge in [-0.05, 0) is 95.7 Å². The number of allylic oxidation sites excluding steroid dienone is 2. The first-order chi connectivity index (χ1) is 16.6. The Hall–Kier alpha value is -2.74. The van der Waals surface area contributed by atoms with Crippen LogP contribution >= 0.6 is 0 Å². The van der Waals surface area contributed by atoms with Crippen LogP contribution in [0.25, 0.3) is 5.57 Å². The van der Waals surface area contributed by atoms with Crippen LogP contribution in [0.15, 0.2) is 42.7 Å². The Morgan fingerprint density at radius 1 is 1.26 bits per heavy atom. The van der Waals surface area contributed by atoms with Crippen molar-refractivity contribution in [1.82, 2.24) is 10.3 Å². The fraction of sp³-hybridized carbons (Fsp3) is 0.481. The lowest BCUT2D eigenvalue weighted by molar-refractivity contribution is -0.201.